The van der Waals surface area contributed by atoms with Crippen LogP contribution in [0.4, 0.5) is 0 Å². The summed E-state index contributed by atoms with van der Waals surface area (Å²) in [6, 6.07) is 0.277. The van der Waals surface area contributed by atoms with E-state index >= 15 is 0 Å². The zero-order valence-electron chi connectivity index (χ0n) is 9.07. The van der Waals surface area contributed by atoms with Crippen molar-refractivity contribution in [3.05, 3.63) is 9.47 Å². The fourth-order valence-corrected chi connectivity index (χ4v) is 2.84. The molecule has 0 aliphatic heterocycles. The summed E-state index contributed by atoms with van der Waals surface area (Å²) in [5.41, 5.74) is 0. The summed E-state index contributed by atoms with van der Waals surface area (Å²) in [5, 5.41) is 10.7. The lowest BCUT2D eigenvalue weighted by molar-refractivity contribution is 0.0920. The average molecular weight is 260 g/mol. The van der Waals surface area contributed by atoms with Crippen molar-refractivity contribution in [2.24, 2.45) is 5.92 Å². The number of nitrogens with zero attached hydrogens (tertiary/aromatic N) is 2. The van der Waals surface area contributed by atoms with Crippen LogP contribution < -0.4 is 5.32 Å². The molecule has 2 atom stereocenters. The molecule has 88 valence electrons. The van der Waals surface area contributed by atoms with Crippen LogP contribution in [0.15, 0.2) is 0 Å². The molecular formula is C10H14ClN3OS. The van der Waals surface area contributed by atoms with E-state index in [9.17, 15) is 4.79 Å². The third-order valence-corrected chi connectivity index (χ3v) is 3.88. The number of nitrogens with one attached hydrogen (secondary N) is 1. The maximum absolute atomic E-state index is 11.8. The highest BCUT2D eigenvalue weighted by molar-refractivity contribution is 7.17. The molecule has 2 rings (SSSR count). The Balaban J connectivity index is 1.92. The van der Waals surface area contributed by atoms with Gasteiger partial charge in [0.15, 0.2) is 0 Å². The molecule has 0 spiro atoms. The predicted octanol–water partition coefficient (Wildman–Crippen LogP) is 2.50. The first-order chi connectivity index (χ1) is 7.65. The van der Waals surface area contributed by atoms with Crippen LogP contribution >= 0.6 is 22.9 Å². The van der Waals surface area contributed by atoms with Gasteiger partial charge in [-0.1, -0.05) is 31.1 Å². The van der Waals surface area contributed by atoms with Crippen LogP contribution in [-0.4, -0.2) is 22.1 Å². The number of carbonyl (C=O) groups excluding carboxylic acids is 1. The van der Waals surface area contributed by atoms with Crippen molar-refractivity contribution in [1.82, 2.24) is 15.5 Å². The normalized spacial score (nSPS) is 25.4. The third kappa shape index (κ3) is 2.92. The Morgan fingerprint density at radius 2 is 2.31 bits per heavy atom. The SMILES string of the molecule is CC1CCCC(NC(=O)c2nnc(Cl)s2)C1. The zero-order chi connectivity index (χ0) is 11.5. The van der Waals surface area contributed by atoms with Crippen molar-refractivity contribution in [2.75, 3.05) is 0 Å². The molecule has 1 heterocycles. The number of carbonyl (C=O) groups is 1. The number of hydrogen-bond donors (Lipinski definition) is 1. The first kappa shape index (κ1) is 11.8. The van der Waals surface area contributed by atoms with E-state index < -0.39 is 0 Å². The van der Waals surface area contributed by atoms with Crippen molar-refractivity contribution in [3.8, 4) is 0 Å². The molecule has 0 radical (unpaired) electrons. The Hall–Kier alpha value is -0.680. The third-order valence-electron chi connectivity index (χ3n) is 2.87. The maximum atomic E-state index is 11.8. The molecule has 1 aromatic rings. The van der Waals surface area contributed by atoms with Crippen LogP contribution in [-0.2, 0) is 0 Å². The van der Waals surface area contributed by atoms with E-state index in [1.165, 1.54) is 12.8 Å². The molecule has 0 bridgehead atoms. The Labute approximate surface area is 103 Å². The summed E-state index contributed by atoms with van der Waals surface area (Å²) >= 11 is 6.75. The summed E-state index contributed by atoms with van der Waals surface area (Å²) in [7, 11) is 0. The van der Waals surface area contributed by atoms with Crippen molar-refractivity contribution in [1.29, 1.82) is 0 Å². The van der Waals surface area contributed by atoms with Gasteiger partial charge in [0.2, 0.25) is 9.47 Å². The van der Waals surface area contributed by atoms with E-state index in [1.54, 1.807) is 0 Å². The first-order valence-electron chi connectivity index (χ1n) is 5.45. The summed E-state index contributed by atoms with van der Waals surface area (Å²) in [6.07, 6.45) is 4.56. The lowest BCUT2D eigenvalue weighted by Gasteiger charge is -2.26. The lowest BCUT2D eigenvalue weighted by atomic mass is 9.87. The largest absolute Gasteiger partial charge is 0.347 e. The second-order valence-corrected chi connectivity index (χ2v) is 5.86. The molecule has 6 heteroatoms. The molecule has 0 aromatic carbocycles. The lowest BCUT2D eigenvalue weighted by Crippen LogP contribution is -2.37. The van der Waals surface area contributed by atoms with E-state index in [2.05, 4.69) is 22.4 Å². The quantitative estimate of drug-likeness (QED) is 0.888. The topological polar surface area (TPSA) is 54.9 Å². The highest BCUT2D eigenvalue weighted by Crippen LogP contribution is 2.24. The minimum atomic E-state index is -0.150. The zero-order valence-corrected chi connectivity index (χ0v) is 10.6. The minimum Gasteiger partial charge on any atom is -0.347 e. The van der Waals surface area contributed by atoms with Gasteiger partial charge >= 0.3 is 0 Å². The van der Waals surface area contributed by atoms with Crippen molar-refractivity contribution in [3.63, 3.8) is 0 Å². The van der Waals surface area contributed by atoms with E-state index in [0.717, 1.165) is 24.2 Å². The van der Waals surface area contributed by atoms with Crippen LogP contribution in [0.2, 0.25) is 4.47 Å². The predicted molar refractivity (Wildman–Crippen MR) is 63.8 cm³/mol. The Kier molecular flexibility index (Phi) is 3.76. The monoisotopic (exact) mass is 259 g/mol. The van der Waals surface area contributed by atoms with Gasteiger partial charge in [0.05, 0.1) is 0 Å². The number of hydrogen-bond acceptors (Lipinski definition) is 4. The molecule has 1 aromatic heterocycles. The summed E-state index contributed by atoms with van der Waals surface area (Å²) < 4.78 is 0.308. The van der Waals surface area contributed by atoms with Crippen molar-refractivity contribution < 1.29 is 4.79 Å². The Bertz CT molecular complexity index is 382. The molecular weight excluding hydrogens is 246 g/mol. The molecule has 1 aliphatic carbocycles. The van der Waals surface area contributed by atoms with E-state index in [0.29, 0.717) is 15.4 Å². The summed E-state index contributed by atoms with van der Waals surface area (Å²) in [5.74, 6) is 0.542. The van der Waals surface area contributed by atoms with Gasteiger partial charge in [0.25, 0.3) is 5.91 Å². The first-order valence-corrected chi connectivity index (χ1v) is 6.64. The van der Waals surface area contributed by atoms with Crippen LogP contribution in [0.3, 0.4) is 0 Å². The highest BCUT2D eigenvalue weighted by atomic mass is 35.5. The van der Waals surface area contributed by atoms with Gasteiger partial charge in [-0.3, -0.25) is 4.79 Å². The Morgan fingerprint density at radius 1 is 1.50 bits per heavy atom. The second-order valence-electron chi connectivity index (χ2n) is 4.30. The van der Waals surface area contributed by atoms with Crippen LogP contribution in [0, 0.1) is 5.92 Å². The highest BCUT2D eigenvalue weighted by Gasteiger charge is 2.22. The van der Waals surface area contributed by atoms with Gasteiger partial charge in [-0.2, -0.15) is 0 Å². The standard InChI is InChI=1S/C10H14ClN3OS/c1-6-3-2-4-7(5-6)12-8(15)9-13-14-10(11)16-9/h6-7H,2-5H2,1H3,(H,12,15). The smallest absolute Gasteiger partial charge is 0.282 e. The van der Waals surface area contributed by atoms with Gasteiger partial charge in [-0.15, -0.1) is 10.2 Å². The fraction of sp³-hybridized carbons (Fsp3) is 0.700. The van der Waals surface area contributed by atoms with E-state index in [-0.39, 0.29) is 11.9 Å². The molecule has 1 aliphatic rings. The minimum absolute atomic E-state index is 0.150. The molecule has 1 amide bonds. The summed E-state index contributed by atoms with van der Waals surface area (Å²) in [6.45, 7) is 2.22. The van der Waals surface area contributed by atoms with Crippen LogP contribution in [0.1, 0.15) is 42.4 Å². The fourth-order valence-electron chi connectivity index (χ4n) is 2.11. The van der Waals surface area contributed by atoms with Gasteiger partial charge in [-0.05, 0) is 30.4 Å². The van der Waals surface area contributed by atoms with Crippen molar-refractivity contribution in [2.45, 2.75) is 38.6 Å². The molecule has 0 saturated heterocycles. The van der Waals surface area contributed by atoms with Crippen LogP contribution in [0.25, 0.3) is 0 Å². The maximum Gasteiger partial charge on any atom is 0.282 e. The molecule has 4 nitrogen and oxygen atoms in total. The number of halogens is 1. The van der Waals surface area contributed by atoms with Gasteiger partial charge in [-0.25, -0.2) is 0 Å². The van der Waals surface area contributed by atoms with Gasteiger partial charge in [0.1, 0.15) is 0 Å². The molecule has 1 fully saturated rings. The molecule has 1 saturated carbocycles. The summed E-state index contributed by atoms with van der Waals surface area (Å²) in [4.78, 5) is 11.8. The van der Waals surface area contributed by atoms with Gasteiger partial charge < -0.3 is 5.32 Å². The number of rotatable bonds is 2. The average Bonchev–Trinajstić information content (AvgIpc) is 2.65. The molecule has 16 heavy (non-hydrogen) atoms. The van der Waals surface area contributed by atoms with E-state index in [4.69, 9.17) is 11.6 Å². The van der Waals surface area contributed by atoms with Crippen molar-refractivity contribution >= 4 is 28.8 Å². The molecule has 1 N–H and O–H groups in total. The molecule has 2 unspecified atom stereocenters. The Morgan fingerprint density at radius 3 is 2.94 bits per heavy atom. The number of amides is 1. The second kappa shape index (κ2) is 5.10. The van der Waals surface area contributed by atoms with E-state index in [1.807, 2.05) is 0 Å². The van der Waals surface area contributed by atoms with Gasteiger partial charge in [0, 0.05) is 6.04 Å². The number of aromatic nitrogens is 2. The van der Waals surface area contributed by atoms with Crippen LogP contribution in [0.5, 0.6) is 0 Å².